The minimum Gasteiger partial charge on any atom is -0.291 e. The molecule has 3 heteroatoms. The maximum absolute atomic E-state index is 6.13. The third kappa shape index (κ3) is 3.43. The van der Waals surface area contributed by atoms with E-state index in [9.17, 15) is 0 Å². The predicted molar refractivity (Wildman–Crippen MR) is 88.3 cm³/mol. The standard InChI is InChI=1S/C17H16ClN.ClH/c18-17-10-4-3-6-14(17)9-5-11-19-12-15-7-1-2-8-16(15)13-19;/h1-10H,11-13H2;1H. The van der Waals surface area contributed by atoms with Crippen LogP contribution < -0.4 is 0 Å². The van der Waals surface area contributed by atoms with Crippen molar-refractivity contribution < 1.29 is 0 Å². The molecule has 0 fully saturated rings. The van der Waals surface area contributed by atoms with Crippen LogP contribution in [-0.4, -0.2) is 11.4 Å². The fraction of sp³-hybridized carbons (Fsp3) is 0.176. The van der Waals surface area contributed by atoms with Crippen LogP contribution in [0.3, 0.4) is 0 Å². The number of hydrogen-bond donors (Lipinski definition) is 0. The first kappa shape index (κ1) is 15.1. The minimum atomic E-state index is 0. The highest BCUT2D eigenvalue weighted by molar-refractivity contribution is 6.32. The fourth-order valence-corrected chi connectivity index (χ4v) is 2.67. The second-order valence-corrected chi connectivity index (χ2v) is 5.27. The summed E-state index contributed by atoms with van der Waals surface area (Å²) in [5.74, 6) is 0. The second-order valence-electron chi connectivity index (χ2n) is 4.86. The zero-order valence-electron chi connectivity index (χ0n) is 11.1. The van der Waals surface area contributed by atoms with Gasteiger partial charge >= 0.3 is 0 Å². The van der Waals surface area contributed by atoms with E-state index in [-0.39, 0.29) is 12.4 Å². The zero-order chi connectivity index (χ0) is 13.1. The highest BCUT2D eigenvalue weighted by atomic mass is 35.5. The molecule has 0 aliphatic carbocycles. The summed E-state index contributed by atoms with van der Waals surface area (Å²) in [7, 11) is 0. The van der Waals surface area contributed by atoms with Gasteiger partial charge in [-0.15, -0.1) is 12.4 Å². The van der Waals surface area contributed by atoms with Gasteiger partial charge in [-0.2, -0.15) is 0 Å². The van der Waals surface area contributed by atoms with Crippen LogP contribution in [0.4, 0.5) is 0 Å². The van der Waals surface area contributed by atoms with Crippen LogP contribution in [0.5, 0.6) is 0 Å². The third-order valence-corrected chi connectivity index (χ3v) is 3.82. The molecule has 0 spiro atoms. The zero-order valence-corrected chi connectivity index (χ0v) is 12.7. The van der Waals surface area contributed by atoms with Gasteiger partial charge in [-0.25, -0.2) is 0 Å². The van der Waals surface area contributed by atoms with Crippen LogP contribution in [-0.2, 0) is 13.1 Å². The summed E-state index contributed by atoms with van der Waals surface area (Å²) in [6.45, 7) is 3.05. The quantitative estimate of drug-likeness (QED) is 0.788. The SMILES string of the molecule is Cl.Clc1ccccc1C=CCN1Cc2ccccc2C1. The van der Waals surface area contributed by atoms with Crippen molar-refractivity contribution in [3.8, 4) is 0 Å². The Morgan fingerprint density at radius 1 is 0.950 bits per heavy atom. The highest BCUT2D eigenvalue weighted by Crippen LogP contribution is 2.22. The Hall–Kier alpha value is -1.28. The first-order valence-electron chi connectivity index (χ1n) is 6.53. The van der Waals surface area contributed by atoms with Gasteiger partial charge in [-0.05, 0) is 22.8 Å². The number of halogens is 2. The van der Waals surface area contributed by atoms with Crippen molar-refractivity contribution in [2.75, 3.05) is 6.54 Å². The molecule has 0 radical (unpaired) electrons. The van der Waals surface area contributed by atoms with E-state index in [2.05, 4.69) is 41.3 Å². The maximum atomic E-state index is 6.13. The summed E-state index contributed by atoms with van der Waals surface area (Å²) in [6.07, 6.45) is 4.29. The number of rotatable bonds is 3. The molecule has 0 aromatic heterocycles. The van der Waals surface area contributed by atoms with Gasteiger partial charge in [0.25, 0.3) is 0 Å². The summed E-state index contributed by atoms with van der Waals surface area (Å²) in [5.41, 5.74) is 3.99. The molecule has 2 aromatic rings. The Balaban J connectivity index is 0.00000147. The maximum Gasteiger partial charge on any atom is 0.0478 e. The van der Waals surface area contributed by atoms with E-state index in [0.717, 1.165) is 30.2 Å². The molecule has 1 nitrogen and oxygen atoms in total. The molecule has 1 aliphatic rings. The Labute approximate surface area is 131 Å². The molecule has 0 bridgehead atoms. The molecular weight excluding hydrogens is 289 g/mol. The van der Waals surface area contributed by atoms with Gasteiger partial charge in [-0.1, -0.05) is 66.2 Å². The smallest absolute Gasteiger partial charge is 0.0478 e. The Morgan fingerprint density at radius 2 is 1.55 bits per heavy atom. The lowest BCUT2D eigenvalue weighted by atomic mass is 10.1. The Kier molecular flexibility index (Phi) is 5.24. The number of fused-ring (bicyclic) bond motifs is 1. The van der Waals surface area contributed by atoms with E-state index in [4.69, 9.17) is 11.6 Å². The molecule has 1 aliphatic heterocycles. The van der Waals surface area contributed by atoms with Crippen molar-refractivity contribution >= 4 is 30.1 Å². The first-order chi connectivity index (χ1) is 9.33. The van der Waals surface area contributed by atoms with Gasteiger partial charge in [0.15, 0.2) is 0 Å². The largest absolute Gasteiger partial charge is 0.291 e. The van der Waals surface area contributed by atoms with Crippen molar-refractivity contribution in [3.05, 3.63) is 76.3 Å². The van der Waals surface area contributed by atoms with Gasteiger partial charge in [0.1, 0.15) is 0 Å². The Bertz CT molecular complexity index is 582. The van der Waals surface area contributed by atoms with E-state index in [1.165, 1.54) is 11.1 Å². The average Bonchev–Trinajstić information content (AvgIpc) is 2.83. The first-order valence-corrected chi connectivity index (χ1v) is 6.91. The van der Waals surface area contributed by atoms with Crippen LogP contribution >= 0.6 is 24.0 Å². The second kappa shape index (κ2) is 6.94. The van der Waals surface area contributed by atoms with Crippen molar-refractivity contribution in [3.63, 3.8) is 0 Å². The lowest BCUT2D eigenvalue weighted by Crippen LogP contribution is -2.15. The Morgan fingerprint density at radius 3 is 2.20 bits per heavy atom. The van der Waals surface area contributed by atoms with E-state index in [1.807, 2.05) is 24.3 Å². The van der Waals surface area contributed by atoms with Crippen LogP contribution in [0.1, 0.15) is 16.7 Å². The molecule has 0 atom stereocenters. The van der Waals surface area contributed by atoms with Gasteiger partial charge in [0, 0.05) is 24.7 Å². The molecular formula is C17H17Cl2N. The summed E-state index contributed by atoms with van der Waals surface area (Å²) in [5, 5.41) is 0.809. The normalized spacial score (nSPS) is 14.2. The number of benzene rings is 2. The molecule has 3 rings (SSSR count). The molecule has 0 amide bonds. The molecule has 20 heavy (non-hydrogen) atoms. The van der Waals surface area contributed by atoms with Crippen molar-refractivity contribution in [1.29, 1.82) is 0 Å². The van der Waals surface area contributed by atoms with Gasteiger partial charge < -0.3 is 0 Å². The topological polar surface area (TPSA) is 3.24 Å². The van der Waals surface area contributed by atoms with E-state index >= 15 is 0 Å². The summed E-state index contributed by atoms with van der Waals surface area (Å²) in [6, 6.07) is 16.6. The molecule has 104 valence electrons. The third-order valence-electron chi connectivity index (χ3n) is 3.47. The van der Waals surface area contributed by atoms with Crippen molar-refractivity contribution in [1.82, 2.24) is 4.90 Å². The van der Waals surface area contributed by atoms with Crippen LogP contribution in [0.15, 0.2) is 54.6 Å². The number of hydrogen-bond acceptors (Lipinski definition) is 1. The predicted octanol–water partition coefficient (Wildman–Crippen LogP) is 4.79. The van der Waals surface area contributed by atoms with Crippen LogP contribution in [0.25, 0.3) is 6.08 Å². The van der Waals surface area contributed by atoms with Crippen LogP contribution in [0.2, 0.25) is 5.02 Å². The molecule has 2 aromatic carbocycles. The van der Waals surface area contributed by atoms with Gasteiger partial charge in [0.2, 0.25) is 0 Å². The van der Waals surface area contributed by atoms with Gasteiger partial charge in [-0.3, -0.25) is 4.90 Å². The summed E-state index contributed by atoms with van der Waals surface area (Å²) >= 11 is 6.13. The number of nitrogens with zero attached hydrogens (tertiary/aromatic N) is 1. The molecule has 0 N–H and O–H groups in total. The summed E-state index contributed by atoms with van der Waals surface area (Å²) in [4.78, 5) is 2.43. The monoisotopic (exact) mass is 305 g/mol. The van der Waals surface area contributed by atoms with Gasteiger partial charge in [0.05, 0.1) is 0 Å². The van der Waals surface area contributed by atoms with E-state index in [1.54, 1.807) is 0 Å². The summed E-state index contributed by atoms with van der Waals surface area (Å²) < 4.78 is 0. The molecule has 0 saturated heterocycles. The van der Waals surface area contributed by atoms with E-state index in [0.29, 0.717) is 0 Å². The molecule has 1 heterocycles. The van der Waals surface area contributed by atoms with E-state index < -0.39 is 0 Å². The van der Waals surface area contributed by atoms with Crippen LogP contribution in [0, 0.1) is 0 Å². The lowest BCUT2D eigenvalue weighted by Gasteiger charge is -2.11. The molecule has 0 unspecified atom stereocenters. The minimum absolute atomic E-state index is 0. The average molecular weight is 306 g/mol. The molecule has 0 saturated carbocycles. The highest BCUT2D eigenvalue weighted by Gasteiger charge is 2.16. The fourth-order valence-electron chi connectivity index (χ4n) is 2.47. The van der Waals surface area contributed by atoms with Crippen molar-refractivity contribution in [2.45, 2.75) is 13.1 Å². The van der Waals surface area contributed by atoms with Crippen molar-refractivity contribution in [2.24, 2.45) is 0 Å². The lowest BCUT2D eigenvalue weighted by molar-refractivity contribution is 0.317.